The van der Waals surface area contributed by atoms with Gasteiger partial charge in [0.15, 0.2) is 23.0 Å². The number of benzene rings is 2. The fourth-order valence-corrected chi connectivity index (χ4v) is 4.42. The third kappa shape index (κ3) is 2.19. The maximum absolute atomic E-state index is 10.7. The Morgan fingerprint density at radius 1 is 1.08 bits per heavy atom. The van der Waals surface area contributed by atoms with Crippen molar-refractivity contribution >= 4 is 0 Å². The van der Waals surface area contributed by atoms with Gasteiger partial charge in [-0.05, 0) is 41.3 Å². The maximum Gasteiger partial charge on any atom is 0.231 e. The average molecular weight is 355 g/mol. The van der Waals surface area contributed by atoms with Crippen LogP contribution in [0.5, 0.6) is 23.0 Å². The van der Waals surface area contributed by atoms with E-state index < -0.39 is 6.10 Å². The standard InChI is InChI=1S/C20H21NO5/c1-23-17-4-3-11-5-15-12-6-18-19(26-10-25-18)7-13(12)16(22)9-21(15)8-14(11)20(17)24-2/h3-4,6-7,15-16,22H,5,8-10H2,1-2H3/t15-,16+/m0/s1. The van der Waals surface area contributed by atoms with Crippen LogP contribution in [0.2, 0.25) is 0 Å². The molecule has 3 heterocycles. The molecule has 0 aliphatic carbocycles. The summed E-state index contributed by atoms with van der Waals surface area (Å²) in [5, 5.41) is 10.7. The lowest BCUT2D eigenvalue weighted by Gasteiger charge is -2.43. The van der Waals surface area contributed by atoms with Gasteiger partial charge in [-0.1, -0.05) is 6.07 Å². The largest absolute Gasteiger partial charge is 0.493 e. The van der Waals surface area contributed by atoms with Gasteiger partial charge in [-0.3, -0.25) is 4.90 Å². The van der Waals surface area contributed by atoms with Crippen molar-refractivity contribution in [1.82, 2.24) is 4.90 Å². The van der Waals surface area contributed by atoms with Crippen molar-refractivity contribution in [3.8, 4) is 23.0 Å². The molecule has 136 valence electrons. The first-order chi connectivity index (χ1) is 12.7. The van der Waals surface area contributed by atoms with Gasteiger partial charge in [0.2, 0.25) is 6.79 Å². The van der Waals surface area contributed by atoms with Gasteiger partial charge in [-0.2, -0.15) is 0 Å². The predicted octanol–water partition coefficient (Wildman–Crippen LogP) is 2.58. The fourth-order valence-electron chi connectivity index (χ4n) is 4.42. The number of hydrogen-bond donors (Lipinski definition) is 1. The van der Waals surface area contributed by atoms with Crippen LogP contribution in [0.3, 0.4) is 0 Å². The van der Waals surface area contributed by atoms with E-state index in [0.29, 0.717) is 13.1 Å². The molecule has 0 aromatic heterocycles. The first-order valence-electron chi connectivity index (χ1n) is 8.78. The minimum absolute atomic E-state index is 0.202. The molecule has 2 aromatic carbocycles. The van der Waals surface area contributed by atoms with E-state index in [-0.39, 0.29) is 12.8 Å². The van der Waals surface area contributed by atoms with Crippen molar-refractivity contribution in [1.29, 1.82) is 0 Å². The Morgan fingerprint density at radius 2 is 1.85 bits per heavy atom. The molecule has 0 radical (unpaired) electrons. The Balaban J connectivity index is 1.60. The molecular formula is C20H21NO5. The second-order valence-corrected chi connectivity index (χ2v) is 6.94. The first kappa shape index (κ1) is 15.8. The highest BCUT2D eigenvalue weighted by atomic mass is 16.7. The molecule has 0 spiro atoms. The minimum Gasteiger partial charge on any atom is -0.493 e. The molecule has 0 saturated heterocycles. The Morgan fingerprint density at radius 3 is 2.58 bits per heavy atom. The monoisotopic (exact) mass is 355 g/mol. The quantitative estimate of drug-likeness (QED) is 0.894. The minimum atomic E-state index is -0.547. The van der Waals surface area contributed by atoms with Gasteiger partial charge in [0.05, 0.1) is 20.3 Å². The number of rotatable bonds is 2. The summed E-state index contributed by atoms with van der Waals surface area (Å²) in [5.41, 5.74) is 4.45. The molecule has 0 fully saturated rings. The molecule has 2 aromatic rings. The highest BCUT2D eigenvalue weighted by Gasteiger charge is 2.38. The van der Waals surface area contributed by atoms with E-state index in [1.54, 1.807) is 14.2 Å². The Hall–Kier alpha value is -2.44. The smallest absolute Gasteiger partial charge is 0.231 e. The van der Waals surface area contributed by atoms with Gasteiger partial charge in [0, 0.05) is 24.7 Å². The highest BCUT2D eigenvalue weighted by Crippen LogP contribution is 2.48. The van der Waals surface area contributed by atoms with Crippen molar-refractivity contribution in [3.05, 3.63) is 46.5 Å². The van der Waals surface area contributed by atoms with Crippen molar-refractivity contribution in [2.45, 2.75) is 25.1 Å². The summed E-state index contributed by atoms with van der Waals surface area (Å²) in [6, 6.07) is 8.25. The number of methoxy groups -OCH3 is 2. The highest BCUT2D eigenvalue weighted by molar-refractivity contribution is 5.55. The average Bonchev–Trinajstić information content (AvgIpc) is 3.12. The predicted molar refractivity (Wildman–Crippen MR) is 93.9 cm³/mol. The topological polar surface area (TPSA) is 60.4 Å². The Labute approximate surface area is 151 Å². The van der Waals surface area contributed by atoms with Crippen LogP contribution >= 0.6 is 0 Å². The van der Waals surface area contributed by atoms with Gasteiger partial charge >= 0.3 is 0 Å². The van der Waals surface area contributed by atoms with Crippen LogP contribution in [0.15, 0.2) is 24.3 Å². The first-order valence-corrected chi connectivity index (χ1v) is 8.78. The molecule has 0 saturated carbocycles. The lowest BCUT2D eigenvalue weighted by molar-refractivity contribution is 0.0539. The number of ether oxygens (including phenoxy) is 4. The van der Waals surface area contributed by atoms with E-state index in [2.05, 4.69) is 11.0 Å². The lowest BCUT2D eigenvalue weighted by atomic mass is 9.82. The molecule has 0 bridgehead atoms. The summed E-state index contributed by atoms with van der Waals surface area (Å²) in [7, 11) is 3.32. The van der Waals surface area contributed by atoms with E-state index >= 15 is 0 Å². The zero-order valence-corrected chi connectivity index (χ0v) is 14.8. The van der Waals surface area contributed by atoms with Crippen LogP contribution in [-0.4, -0.2) is 37.6 Å². The van der Waals surface area contributed by atoms with E-state index in [0.717, 1.165) is 46.1 Å². The summed E-state index contributed by atoms with van der Waals surface area (Å²) in [6.45, 7) is 1.53. The van der Waals surface area contributed by atoms with Crippen LogP contribution in [0.25, 0.3) is 0 Å². The van der Waals surface area contributed by atoms with Crippen LogP contribution in [-0.2, 0) is 13.0 Å². The molecule has 2 atom stereocenters. The molecule has 6 nitrogen and oxygen atoms in total. The van der Waals surface area contributed by atoms with Gasteiger partial charge in [-0.25, -0.2) is 0 Å². The second kappa shape index (κ2) is 5.79. The van der Waals surface area contributed by atoms with Crippen molar-refractivity contribution in [2.24, 2.45) is 0 Å². The van der Waals surface area contributed by atoms with Crippen molar-refractivity contribution < 1.29 is 24.1 Å². The molecule has 6 heteroatoms. The van der Waals surface area contributed by atoms with Crippen LogP contribution in [0.4, 0.5) is 0 Å². The summed E-state index contributed by atoms with van der Waals surface area (Å²) in [4.78, 5) is 2.31. The van der Waals surface area contributed by atoms with Gasteiger partial charge in [0.1, 0.15) is 0 Å². The van der Waals surface area contributed by atoms with E-state index in [9.17, 15) is 5.11 Å². The summed E-state index contributed by atoms with van der Waals surface area (Å²) in [6.07, 6.45) is 0.309. The van der Waals surface area contributed by atoms with E-state index in [1.165, 1.54) is 5.56 Å². The summed E-state index contributed by atoms with van der Waals surface area (Å²) >= 11 is 0. The molecule has 1 N–H and O–H groups in total. The van der Waals surface area contributed by atoms with Crippen LogP contribution < -0.4 is 18.9 Å². The lowest BCUT2D eigenvalue weighted by Crippen LogP contribution is -2.41. The maximum atomic E-state index is 10.7. The Bertz CT molecular complexity index is 881. The van der Waals surface area contributed by atoms with Crippen LogP contribution in [0, 0.1) is 0 Å². The molecule has 5 rings (SSSR count). The normalized spacial score (nSPS) is 23.0. The second-order valence-electron chi connectivity index (χ2n) is 6.94. The number of aliphatic hydroxyl groups excluding tert-OH is 1. The van der Waals surface area contributed by atoms with E-state index in [1.807, 2.05) is 18.2 Å². The van der Waals surface area contributed by atoms with Crippen LogP contribution in [0.1, 0.15) is 34.4 Å². The molecule has 0 amide bonds. The molecule has 26 heavy (non-hydrogen) atoms. The third-order valence-electron chi connectivity index (χ3n) is 5.66. The zero-order chi connectivity index (χ0) is 17.8. The van der Waals surface area contributed by atoms with Crippen molar-refractivity contribution in [2.75, 3.05) is 27.6 Å². The zero-order valence-electron chi connectivity index (χ0n) is 14.8. The number of hydrogen-bond acceptors (Lipinski definition) is 6. The molecule has 3 aliphatic rings. The number of fused-ring (bicyclic) bond motifs is 5. The molecule has 0 unspecified atom stereocenters. The van der Waals surface area contributed by atoms with Gasteiger partial charge in [0.25, 0.3) is 0 Å². The van der Waals surface area contributed by atoms with Gasteiger partial charge < -0.3 is 24.1 Å². The van der Waals surface area contributed by atoms with E-state index in [4.69, 9.17) is 18.9 Å². The summed E-state index contributed by atoms with van der Waals surface area (Å²) < 4.78 is 22.1. The summed E-state index contributed by atoms with van der Waals surface area (Å²) in [5.74, 6) is 3.01. The number of nitrogens with zero attached hydrogens (tertiary/aromatic N) is 1. The van der Waals surface area contributed by atoms with Gasteiger partial charge in [-0.15, -0.1) is 0 Å². The molecular weight excluding hydrogens is 334 g/mol. The Kier molecular flexibility index (Phi) is 3.52. The number of aliphatic hydroxyl groups is 1. The van der Waals surface area contributed by atoms with Crippen molar-refractivity contribution in [3.63, 3.8) is 0 Å². The molecule has 3 aliphatic heterocycles. The SMILES string of the molecule is COc1ccc2c(c1OC)CN1C[C@@H](O)c3cc4c(cc3[C@@H]1C2)OCO4. The fraction of sp³-hybridized carbons (Fsp3) is 0.400. The third-order valence-corrected chi connectivity index (χ3v) is 5.66.